The number of carbonyl (C=O) groups excluding carboxylic acids is 1. The zero-order chi connectivity index (χ0) is 11.1. The molecule has 0 aromatic carbocycles. The lowest BCUT2D eigenvalue weighted by atomic mass is 9.88. The summed E-state index contributed by atoms with van der Waals surface area (Å²) in [5, 5.41) is 3.26. The lowest BCUT2D eigenvalue weighted by molar-refractivity contribution is -0.140. The fourth-order valence-electron chi connectivity index (χ4n) is 2.60. The molecule has 94 valence electrons. The van der Waals surface area contributed by atoms with Crippen molar-refractivity contribution in [3.05, 3.63) is 0 Å². The molecule has 2 heterocycles. The van der Waals surface area contributed by atoms with Crippen molar-refractivity contribution in [2.75, 3.05) is 19.6 Å². The first kappa shape index (κ1) is 13.7. The first-order valence-electron chi connectivity index (χ1n) is 5.82. The number of nitrogens with two attached hydrogens (primary N) is 1. The van der Waals surface area contributed by atoms with Gasteiger partial charge in [-0.25, -0.2) is 0 Å². The molecule has 0 aromatic rings. The van der Waals surface area contributed by atoms with E-state index in [1.807, 2.05) is 4.90 Å². The van der Waals surface area contributed by atoms with Crippen molar-refractivity contribution in [1.82, 2.24) is 10.2 Å². The Morgan fingerprint density at radius 3 is 2.69 bits per heavy atom. The summed E-state index contributed by atoms with van der Waals surface area (Å²) in [6, 6.07) is 0.363. The van der Waals surface area contributed by atoms with Gasteiger partial charge in [0.2, 0.25) is 5.91 Å². The first-order valence-corrected chi connectivity index (χ1v) is 5.82. The molecule has 0 saturated carbocycles. The molecule has 4 nitrogen and oxygen atoms in total. The number of rotatable bonds is 1. The highest BCUT2D eigenvalue weighted by Gasteiger charge is 2.43. The highest BCUT2D eigenvalue weighted by Crippen LogP contribution is 2.30. The molecule has 3 N–H and O–H groups in total. The standard InChI is InChI=1S/C11H21N3O.ClH/c1-8-9(12)3-6-14(8)10(15)11(2)4-5-13-7-11;/h8-9,13H,3-7,12H2,1-2H3;1H. The number of likely N-dealkylation sites (tertiary alicyclic amines) is 1. The van der Waals surface area contributed by atoms with Gasteiger partial charge < -0.3 is 16.0 Å². The predicted octanol–water partition coefficient (Wildman–Crippen LogP) is 0.356. The van der Waals surface area contributed by atoms with Crippen molar-refractivity contribution in [3.8, 4) is 0 Å². The van der Waals surface area contributed by atoms with Gasteiger partial charge in [-0.15, -0.1) is 12.4 Å². The molecule has 2 aliphatic heterocycles. The van der Waals surface area contributed by atoms with Crippen molar-refractivity contribution < 1.29 is 4.79 Å². The minimum absolute atomic E-state index is 0. The fourth-order valence-corrected chi connectivity index (χ4v) is 2.60. The second-order valence-corrected chi connectivity index (χ2v) is 5.18. The van der Waals surface area contributed by atoms with E-state index < -0.39 is 0 Å². The lowest BCUT2D eigenvalue weighted by Crippen LogP contribution is -2.47. The Kier molecular flexibility index (Phi) is 4.21. The molecule has 2 saturated heterocycles. The van der Waals surface area contributed by atoms with E-state index in [2.05, 4.69) is 19.2 Å². The molecule has 0 aliphatic carbocycles. The van der Waals surface area contributed by atoms with Crippen molar-refractivity contribution >= 4 is 18.3 Å². The lowest BCUT2D eigenvalue weighted by Gasteiger charge is -2.31. The molecule has 3 unspecified atom stereocenters. The molecule has 16 heavy (non-hydrogen) atoms. The minimum Gasteiger partial charge on any atom is -0.338 e. The van der Waals surface area contributed by atoms with Gasteiger partial charge in [-0.3, -0.25) is 4.79 Å². The Morgan fingerprint density at radius 2 is 2.25 bits per heavy atom. The summed E-state index contributed by atoms with van der Waals surface area (Å²) < 4.78 is 0. The Hall–Kier alpha value is -0.320. The second kappa shape index (κ2) is 4.90. The number of hydrogen-bond acceptors (Lipinski definition) is 3. The summed E-state index contributed by atoms with van der Waals surface area (Å²) in [5.41, 5.74) is 5.74. The van der Waals surface area contributed by atoms with Gasteiger partial charge >= 0.3 is 0 Å². The van der Waals surface area contributed by atoms with Crippen LogP contribution in [0.25, 0.3) is 0 Å². The zero-order valence-corrected chi connectivity index (χ0v) is 10.8. The molecular formula is C11H22ClN3O. The summed E-state index contributed by atoms with van der Waals surface area (Å²) >= 11 is 0. The van der Waals surface area contributed by atoms with E-state index in [4.69, 9.17) is 5.73 Å². The number of amides is 1. The van der Waals surface area contributed by atoms with Crippen LogP contribution in [-0.2, 0) is 4.79 Å². The van der Waals surface area contributed by atoms with Gasteiger partial charge in [0, 0.05) is 25.2 Å². The van der Waals surface area contributed by atoms with Gasteiger partial charge in [-0.2, -0.15) is 0 Å². The third kappa shape index (κ3) is 2.19. The molecule has 5 heteroatoms. The van der Waals surface area contributed by atoms with Crippen LogP contribution in [0.5, 0.6) is 0 Å². The van der Waals surface area contributed by atoms with Gasteiger partial charge in [0.15, 0.2) is 0 Å². The van der Waals surface area contributed by atoms with E-state index in [9.17, 15) is 4.79 Å². The third-order valence-electron chi connectivity index (χ3n) is 3.96. The molecule has 3 atom stereocenters. The summed E-state index contributed by atoms with van der Waals surface area (Å²) in [6.45, 7) is 6.71. The van der Waals surface area contributed by atoms with E-state index in [0.29, 0.717) is 0 Å². The van der Waals surface area contributed by atoms with Crippen LogP contribution < -0.4 is 11.1 Å². The average molecular weight is 248 g/mol. The average Bonchev–Trinajstić information content (AvgIpc) is 2.77. The maximum atomic E-state index is 12.4. The van der Waals surface area contributed by atoms with Gasteiger partial charge in [0.25, 0.3) is 0 Å². The molecule has 2 fully saturated rings. The predicted molar refractivity (Wildman–Crippen MR) is 66.6 cm³/mol. The topological polar surface area (TPSA) is 58.4 Å². The van der Waals surface area contributed by atoms with Crippen molar-refractivity contribution in [2.45, 2.75) is 38.8 Å². The summed E-state index contributed by atoms with van der Waals surface area (Å²) in [7, 11) is 0. The van der Waals surface area contributed by atoms with Gasteiger partial charge in [0.05, 0.1) is 5.41 Å². The summed E-state index contributed by atoms with van der Waals surface area (Å²) in [4.78, 5) is 14.3. The summed E-state index contributed by atoms with van der Waals surface area (Å²) in [5.74, 6) is 0.285. The Balaban J connectivity index is 0.00000128. The van der Waals surface area contributed by atoms with Crippen LogP contribution in [0.2, 0.25) is 0 Å². The molecule has 0 bridgehead atoms. The van der Waals surface area contributed by atoms with E-state index in [-0.39, 0.29) is 35.8 Å². The van der Waals surface area contributed by atoms with E-state index in [0.717, 1.165) is 32.5 Å². The van der Waals surface area contributed by atoms with Crippen LogP contribution in [-0.4, -0.2) is 42.5 Å². The molecule has 0 radical (unpaired) electrons. The van der Waals surface area contributed by atoms with Crippen LogP contribution in [0, 0.1) is 5.41 Å². The fraction of sp³-hybridized carbons (Fsp3) is 0.909. The van der Waals surface area contributed by atoms with Crippen LogP contribution >= 0.6 is 12.4 Å². The van der Waals surface area contributed by atoms with Crippen molar-refractivity contribution in [2.24, 2.45) is 11.1 Å². The Morgan fingerprint density at radius 1 is 1.56 bits per heavy atom. The maximum Gasteiger partial charge on any atom is 0.230 e. The van der Waals surface area contributed by atoms with E-state index in [1.54, 1.807) is 0 Å². The molecular weight excluding hydrogens is 226 g/mol. The van der Waals surface area contributed by atoms with Gasteiger partial charge in [0.1, 0.15) is 0 Å². The summed E-state index contributed by atoms with van der Waals surface area (Å²) in [6.07, 6.45) is 1.89. The SMILES string of the molecule is CC1C(N)CCN1C(=O)C1(C)CCNC1.Cl. The quantitative estimate of drug-likeness (QED) is 0.703. The largest absolute Gasteiger partial charge is 0.338 e. The Labute approximate surface area is 103 Å². The molecule has 0 spiro atoms. The molecule has 2 rings (SSSR count). The third-order valence-corrected chi connectivity index (χ3v) is 3.96. The Bertz CT molecular complexity index is 266. The van der Waals surface area contributed by atoms with E-state index >= 15 is 0 Å². The zero-order valence-electron chi connectivity index (χ0n) is 10.0. The maximum absolute atomic E-state index is 12.4. The number of nitrogens with zero attached hydrogens (tertiary/aromatic N) is 1. The molecule has 1 amide bonds. The van der Waals surface area contributed by atoms with Crippen LogP contribution in [0.1, 0.15) is 26.7 Å². The molecule has 2 aliphatic rings. The number of hydrogen-bond donors (Lipinski definition) is 2. The normalized spacial score (nSPS) is 38.6. The highest BCUT2D eigenvalue weighted by atomic mass is 35.5. The number of carbonyl (C=O) groups is 1. The molecule has 0 aromatic heterocycles. The van der Waals surface area contributed by atoms with E-state index in [1.165, 1.54) is 0 Å². The number of nitrogens with one attached hydrogen (secondary N) is 1. The van der Waals surface area contributed by atoms with Gasteiger partial charge in [-0.1, -0.05) is 0 Å². The van der Waals surface area contributed by atoms with Gasteiger partial charge in [-0.05, 0) is 33.2 Å². The smallest absolute Gasteiger partial charge is 0.230 e. The van der Waals surface area contributed by atoms with Crippen LogP contribution in [0.4, 0.5) is 0 Å². The highest BCUT2D eigenvalue weighted by molar-refractivity contribution is 5.85. The number of halogens is 1. The second-order valence-electron chi connectivity index (χ2n) is 5.18. The first-order chi connectivity index (χ1) is 7.04. The van der Waals surface area contributed by atoms with Crippen molar-refractivity contribution in [1.29, 1.82) is 0 Å². The van der Waals surface area contributed by atoms with Crippen molar-refractivity contribution in [3.63, 3.8) is 0 Å². The van der Waals surface area contributed by atoms with Crippen LogP contribution in [0.15, 0.2) is 0 Å². The minimum atomic E-state index is -0.196. The monoisotopic (exact) mass is 247 g/mol. The van der Waals surface area contributed by atoms with Crippen LogP contribution in [0.3, 0.4) is 0 Å².